The lowest BCUT2D eigenvalue weighted by Crippen LogP contribution is -2.38. The van der Waals surface area contributed by atoms with Crippen molar-refractivity contribution in [1.29, 1.82) is 0 Å². The zero-order valence-corrected chi connectivity index (χ0v) is 18.5. The van der Waals surface area contributed by atoms with Crippen LogP contribution >= 0.6 is 23.4 Å². The minimum Gasteiger partial charge on any atom is -0.357 e. The molecule has 0 radical (unpaired) electrons. The number of sulfone groups is 1. The summed E-state index contributed by atoms with van der Waals surface area (Å²) in [5.41, 5.74) is 1.06. The number of hydrogen-bond acceptors (Lipinski definition) is 4. The molecule has 0 aromatic heterocycles. The molecular weight excluding hydrogens is 414 g/mol. The van der Waals surface area contributed by atoms with E-state index >= 15 is 0 Å². The molecular formula is C20H26ClN3O2S2. The Balaban J connectivity index is 1.78. The summed E-state index contributed by atoms with van der Waals surface area (Å²) >= 11 is 7.66. The fourth-order valence-electron chi connectivity index (χ4n) is 2.41. The van der Waals surface area contributed by atoms with E-state index in [9.17, 15) is 8.42 Å². The van der Waals surface area contributed by atoms with Gasteiger partial charge in [0, 0.05) is 41.6 Å². The topological polar surface area (TPSA) is 70.6 Å². The van der Waals surface area contributed by atoms with Crippen LogP contribution in [-0.4, -0.2) is 46.0 Å². The Hall–Kier alpha value is -1.70. The average molecular weight is 440 g/mol. The maximum Gasteiger partial charge on any atom is 0.191 e. The van der Waals surface area contributed by atoms with Crippen LogP contribution < -0.4 is 10.6 Å². The number of benzene rings is 2. The second-order valence-corrected chi connectivity index (χ2v) is 9.78. The highest BCUT2D eigenvalue weighted by Crippen LogP contribution is 2.19. The molecule has 2 rings (SSSR count). The van der Waals surface area contributed by atoms with E-state index in [1.807, 2.05) is 43.3 Å². The van der Waals surface area contributed by atoms with Crippen molar-refractivity contribution in [1.82, 2.24) is 10.6 Å². The number of thioether (sulfide) groups is 1. The van der Waals surface area contributed by atoms with Crippen LogP contribution in [0.5, 0.6) is 0 Å². The van der Waals surface area contributed by atoms with Crippen molar-refractivity contribution in [3.63, 3.8) is 0 Å². The van der Waals surface area contributed by atoms with Gasteiger partial charge >= 0.3 is 0 Å². The lowest BCUT2D eigenvalue weighted by atomic mass is 10.1. The summed E-state index contributed by atoms with van der Waals surface area (Å²) in [6, 6.07) is 14.8. The van der Waals surface area contributed by atoms with Crippen molar-refractivity contribution >= 4 is 39.2 Å². The summed E-state index contributed by atoms with van der Waals surface area (Å²) < 4.78 is 23.0. The van der Waals surface area contributed by atoms with Gasteiger partial charge < -0.3 is 10.6 Å². The van der Waals surface area contributed by atoms with Crippen molar-refractivity contribution in [3.05, 3.63) is 59.1 Å². The van der Waals surface area contributed by atoms with E-state index in [2.05, 4.69) is 15.6 Å². The normalized spacial score (nSPS) is 12.0. The van der Waals surface area contributed by atoms with Crippen LogP contribution in [0.4, 0.5) is 0 Å². The van der Waals surface area contributed by atoms with Gasteiger partial charge in [-0.25, -0.2) is 8.42 Å². The molecule has 2 N–H and O–H groups in total. The number of hydrogen-bond donors (Lipinski definition) is 2. The lowest BCUT2D eigenvalue weighted by molar-refractivity contribution is 0.602. The molecule has 0 saturated carbocycles. The Kier molecular flexibility index (Phi) is 9.15. The maximum atomic E-state index is 11.5. The SMILES string of the molecule is CCNC(=NCCc1ccc(S(C)(=O)=O)cc1)NCCSc1ccc(Cl)cc1. The Morgan fingerprint density at radius 1 is 1.07 bits per heavy atom. The van der Waals surface area contributed by atoms with Crippen LogP contribution in [-0.2, 0) is 16.3 Å². The minimum absolute atomic E-state index is 0.341. The largest absolute Gasteiger partial charge is 0.357 e. The first-order valence-corrected chi connectivity index (χ1v) is 12.3. The van der Waals surface area contributed by atoms with Crippen LogP contribution in [0.3, 0.4) is 0 Å². The molecule has 0 amide bonds. The number of halogens is 1. The lowest BCUT2D eigenvalue weighted by Gasteiger charge is -2.11. The van der Waals surface area contributed by atoms with Gasteiger partial charge in [-0.3, -0.25) is 4.99 Å². The first-order chi connectivity index (χ1) is 13.4. The van der Waals surface area contributed by atoms with Gasteiger partial charge in [-0.1, -0.05) is 23.7 Å². The monoisotopic (exact) mass is 439 g/mol. The molecule has 0 heterocycles. The summed E-state index contributed by atoms with van der Waals surface area (Å²) in [7, 11) is -3.15. The molecule has 0 aliphatic carbocycles. The van der Waals surface area contributed by atoms with Gasteiger partial charge in [0.05, 0.1) is 4.90 Å². The van der Waals surface area contributed by atoms with E-state index in [4.69, 9.17) is 11.6 Å². The van der Waals surface area contributed by atoms with Crippen LogP contribution in [0.25, 0.3) is 0 Å². The first-order valence-electron chi connectivity index (χ1n) is 9.08. The third-order valence-corrected chi connectivity index (χ3v) is 6.24. The molecule has 5 nitrogen and oxygen atoms in total. The molecule has 152 valence electrons. The quantitative estimate of drug-likeness (QED) is 0.270. The maximum absolute atomic E-state index is 11.5. The highest BCUT2D eigenvalue weighted by atomic mass is 35.5. The van der Waals surface area contributed by atoms with E-state index < -0.39 is 9.84 Å². The summed E-state index contributed by atoms with van der Waals surface area (Å²) in [6.07, 6.45) is 1.96. The predicted octanol–water partition coefficient (Wildman–Crippen LogP) is 3.63. The fraction of sp³-hybridized carbons (Fsp3) is 0.350. The molecule has 0 bridgehead atoms. The van der Waals surface area contributed by atoms with Crippen LogP contribution in [0.1, 0.15) is 12.5 Å². The van der Waals surface area contributed by atoms with Crippen LogP contribution in [0.2, 0.25) is 5.02 Å². The Labute approximate surface area is 176 Å². The van der Waals surface area contributed by atoms with Crippen molar-refractivity contribution in [2.24, 2.45) is 4.99 Å². The molecule has 2 aromatic rings. The Bertz CT molecular complexity index is 867. The van der Waals surface area contributed by atoms with Crippen molar-refractivity contribution < 1.29 is 8.42 Å². The van der Waals surface area contributed by atoms with Gasteiger partial charge in [0.1, 0.15) is 0 Å². The van der Waals surface area contributed by atoms with Crippen molar-refractivity contribution in [3.8, 4) is 0 Å². The molecule has 0 atom stereocenters. The van der Waals surface area contributed by atoms with E-state index in [0.29, 0.717) is 11.4 Å². The molecule has 0 aliphatic heterocycles. The van der Waals surface area contributed by atoms with Gasteiger partial charge in [0.2, 0.25) is 0 Å². The second-order valence-electron chi connectivity index (χ2n) is 6.16. The first kappa shape index (κ1) is 22.6. The van der Waals surface area contributed by atoms with E-state index in [-0.39, 0.29) is 0 Å². The zero-order chi connectivity index (χ0) is 20.4. The smallest absolute Gasteiger partial charge is 0.191 e. The molecule has 8 heteroatoms. The van der Waals surface area contributed by atoms with E-state index in [0.717, 1.165) is 41.8 Å². The van der Waals surface area contributed by atoms with Crippen LogP contribution in [0.15, 0.2) is 63.3 Å². The molecule has 0 unspecified atom stereocenters. The Morgan fingerprint density at radius 2 is 1.75 bits per heavy atom. The predicted molar refractivity (Wildman–Crippen MR) is 119 cm³/mol. The summed E-state index contributed by atoms with van der Waals surface area (Å²) in [5.74, 6) is 1.70. The molecule has 2 aromatic carbocycles. The van der Waals surface area contributed by atoms with E-state index in [1.54, 1.807) is 23.9 Å². The van der Waals surface area contributed by atoms with Gasteiger partial charge in [0.15, 0.2) is 15.8 Å². The fourth-order valence-corrected chi connectivity index (χ4v) is 3.94. The highest BCUT2D eigenvalue weighted by molar-refractivity contribution is 7.99. The van der Waals surface area contributed by atoms with Gasteiger partial charge in [-0.2, -0.15) is 0 Å². The number of aliphatic imine (C=N–C) groups is 1. The summed E-state index contributed by atoms with van der Waals surface area (Å²) in [4.78, 5) is 6.11. The van der Waals surface area contributed by atoms with E-state index in [1.165, 1.54) is 11.2 Å². The number of nitrogens with one attached hydrogen (secondary N) is 2. The Morgan fingerprint density at radius 3 is 2.36 bits per heavy atom. The molecule has 0 fully saturated rings. The minimum atomic E-state index is -3.15. The number of nitrogens with zero attached hydrogens (tertiary/aromatic N) is 1. The third-order valence-electron chi connectivity index (χ3n) is 3.84. The number of guanidine groups is 1. The summed E-state index contributed by atoms with van der Waals surface area (Å²) in [6.45, 7) is 4.24. The highest BCUT2D eigenvalue weighted by Gasteiger charge is 2.06. The van der Waals surface area contributed by atoms with Gasteiger partial charge in [-0.05, 0) is 55.3 Å². The van der Waals surface area contributed by atoms with Gasteiger partial charge in [0.25, 0.3) is 0 Å². The molecule has 0 saturated heterocycles. The van der Waals surface area contributed by atoms with Crippen molar-refractivity contribution in [2.75, 3.05) is 31.6 Å². The summed E-state index contributed by atoms with van der Waals surface area (Å²) in [5, 5.41) is 7.31. The molecule has 28 heavy (non-hydrogen) atoms. The van der Waals surface area contributed by atoms with Crippen molar-refractivity contribution in [2.45, 2.75) is 23.1 Å². The number of rotatable bonds is 9. The molecule has 0 aliphatic rings. The average Bonchev–Trinajstić information content (AvgIpc) is 2.66. The zero-order valence-electron chi connectivity index (χ0n) is 16.1. The van der Waals surface area contributed by atoms with Crippen LogP contribution in [0, 0.1) is 0 Å². The third kappa shape index (κ3) is 8.12. The standard InChI is InChI=1S/C20H26ClN3O2S2/c1-3-22-20(24-14-15-27-18-8-6-17(21)7-9-18)23-13-12-16-4-10-19(11-5-16)28(2,25)26/h4-11H,3,12-15H2,1-2H3,(H2,22,23,24). The second kappa shape index (κ2) is 11.3. The molecule has 0 spiro atoms. The van der Waals surface area contributed by atoms with Gasteiger partial charge in [-0.15, -0.1) is 11.8 Å².